The zero-order chi connectivity index (χ0) is 5.49. The summed E-state index contributed by atoms with van der Waals surface area (Å²) in [7, 11) is 0. The molecule has 1 unspecified atom stereocenters. The highest BCUT2D eigenvalue weighted by Crippen LogP contribution is 2.37. The molecule has 1 aliphatic heterocycles. The normalized spacial score (nSPS) is 37.3. The van der Waals surface area contributed by atoms with Crippen molar-refractivity contribution in [3.63, 3.8) is 0 Å². The molecular formula is C5H9BrO. The lowest BCUT2D eigenvalue weighted by Gasteiger charge is -2.40. The Kier molecular flexibility index (Phi) is 1.16. The van der Waals surface area contributed by atoms with Gasteiger partial charge in [0.25, 0.3) is 0 Å². The largest absolute Gasteiger partial charge is 0.366 e. The summed E-state index contributed by atoms with van der Waals surface area (Å²) in [5, 5.41) is 0.292. The number of rotatable bonds is 0. The maximum atomic E-state index is 5.06. The van der Waals surface area contributed by atoms with E-state index in [1.54, 1.807) is 0 Å². The van der Waals surface area contributed by atoms with Crippen molar-refractivity contribution < 1.29 is 4.74 Å². The molecule has 0 aromatic heterocycles. The van der Waals surface area contributed by atoms with Gasteiger partial charge in [0.2, 0.25) is 0 Å². The third kappa shape index (κ3) is 0.820. The van der Waals surface area contributed by atoms with Crippen LogP contribution >= 0.6 is 15.9 Å². The van der Waals surface area contributed by atoms with E-state index >= 15 is 0 Å². The SMILES string of the molecule is CC1(C)COC1Br. The second kappa shape index (κ2) is 1.46. The van der Waals surface area contributed by atoms with Gasteiger partial charge in [0.15, 0.2) is 0 Å². The molecule has 0 saturated carbocycles. The first-order valence-electron chi connectivity index (χ1n) is 2.38. The summed E-state index contributed by atoms with van der Waals surface area (Å²) in [5.41, 5.74) is 0.375. The molecule has 0 aromatic rings. The molecule has 0 amide bonds. The molecule has 0 spiro atoms. The predicted octanol–water partition coefficient (Wildman–Crippen LogP) is 1.76. The highest BCUT2D eigenvalue weighted by Gasteiger charge is 2.37. The summed E-state index contributed by atoms with van der Waals surface area (Å²) < 4.78 is 5.06. The van der Waals surface area contributed by atoms with Gasteiger partial charge >= 0.3 is 0 Å². The van der Waals surface area contributed by atoms with Crippen LogP contribution in [0.5, 0.6) is 0 Å². The van der Waals surface area contributed by atoms with Gasteiger partial charge in [0.1, 0.15) is 5.01 Å². The second-order valence-electron chi connectivity index (χ2n) is 2.62. The third-order valence-corrected chi connectivity index (χ3v) is 2.72. The van der Waals surface area contributed by atoms with Crippen molar-refractivity contribution in [1.82, 2.24) is 0 Å². The molecule has 0 aromatic carbocycles. The maximum Gasteiger partial charge on any atom is 0.119 e. The van der Waals surface area contributed by atoms with Gasteiger partial charge in [0.05, 0.1) is 6.61 Å². The highest BCUT2D eigenvalue weighted by molar-refractivity contribution is 9.09. The van der Waals surface area contributed by atoms with Crippen LogP contribution in [0.4, 0.5) is 0 Å². The van der Waals surface area contributed by atoms with Gasteiger partial charge in [-0.1, -0.05) is 29.8 Å². The molecule has 0 N–H and O–H groups in total. The van der Waals surface area contributed by atoms with Crippen LogP contribution in [0.25, 0.3) is 0 Å². The Hall–Kier alpha value is 0.440. The van der Waals surface area contributed by atoms with Gasteiger partial charge in [-0.2, -0.15) is 0 Å². The molecule has 7 heavy (non-hydrogen) atoms. The minimum Gasteiger partial charge on any atom is -0.366 e. The van der Waals surface area contributed by atoms with Gasteiger partial charge in [-0.15, -0.1) is 0 Å². The van der Waals surface area contributed by atoms with E-state index in [4.69, 9.17) is 4.74 Å². The number of halogens is 1. The van der Waals surface area contributed by atoms with Crippen molar-refractivity contribution in [3.05, 3.63) is 0 Å². The van der Waals surface area contributed by atoms with Crippen LogP contribution in [0.1, 0.15) is 13.8 Å². The predicted molar refractivity (Wildman–Crippen MR) is 32.4 cm³/mol. The zero-order valence-electron chi connectivity index (χ0n) is 4.57. The lowest BCUT2D eigenvalue weighted by atomic mass is 9.92. The topological polar surface area (TPSA) is 9.23 Å². The molecule has 1 fully saturated rings. The highest BCUT2D eigenvalue weighted by atomic mass is 79.9. The van der Waals surface area contributed by atoms with Crippen LogP contribution in [-0.2, 0) is 4.74 Å². The van der Waals surface area contributed by atoms with Crippen LogP contribution in [0.15, 0.2) is 0 Å². The minimum absolute atomic E-state index is 0.292. The summed E-state index contributed by atoms with van der Waals surface area (Å²) in [6, 6.07) is 0. The molecule has 0 aliphatic carbocycles. The molecule has 1 aliphatic rings. The molecule has 42 valence electrons. The molecule has 2 heteroatoms. The Bertz CT molecular complexity index is 80.1. The summed E-state index contributed by atoms with van der Waals surface area (Å²) in [6.07, 6.45) is 0. The average Bonchev–Trinajstić information content (AvgIpc) is 1.63. The smallest absolute Gasteiger partial charge is 0.119 e. The van der Waals surface area contributed by atoms with Crippen molar-refractivity contribution >= 4 is 15.9 Å². The van der Waals surface area contributed by atoms with Crippen molar-refractivity contribution in [2.75, 3.05) is 6.61 Å². The van der Waals surface area contributed by atoms with Crippen molar-refractivity contribution in [2.24, 2.45) is 5.41 Å². The maximum absolute atomic E-state index is 5.06. The fourth-order valence-corrected chi connectivity index (χ4v) is 0.744. The van der Waals surface area contributed by atoms with Crippen LogP contribution in [-0.4, -0.2) is 11.6 Å². The Morgan fingerprint density at radius 1 is 1.71 bits per heavy atom. The Balaban J connectivity index is 2.43. The Morgan fingerprint density at radius 3 is 2.14 bits per heavy atom. The van der Waals surface area contributed by atoms with E-state index in [0.29, 0.717) is 10.4 Å². The third-order valence-electron chi connectivity index (χ3n) is 1.22. The molecular weight excluding hydrogens is 156 g/mol. The van der Waals surface area contributed by atoms with E-state index in [1.807, 2.05) is 0 Å². The van der Waals surface area contributed by atoms with Crippen molar-refractivity contribution in [3.8, 4) is 0 Å². The van der Waals surface area contributed by atoms with Gasteiger partial charge in [-0.25, -0.2) is 0 Å². The standard InChI is InChI=1S/C5H9BrO/c1-5(2)3-7-4(5)6/h4H,3H2,1-2H3. The molecule has 0 bridgehead atoms. The Morgan fingerprint density at radius 2 is 2.14 bits per heavy atom. The molecule has 1 atom stereocenters. The fourth-order valence-electron chi connectivity index (χ4n) is 0.480. The summed E-state index contributed by atoms with van der Waals surface area (Å²) in [6.45, 7) is 5.24. The van der Waals surface area contributed by atoms with E-state index < -0.39 is 0 Å². The number of alkyl halides is 1. The van der Waals surface area contributed by atoms with Crippen molar-refractivity contribution in [1.29, 1.82) is 0 Å². The van der Waals surface area contributed by atoms with E-state index in [0.717, 1.165) is 6.61 Å². The monoisotopic (exact) mass is 164 g/mol. The lowest BCUT2D eigenvalue weighted by Crippen LogP contribution is -2.43. The number of hydrogen-bond acceptors (Lipinski definition) is 1. The van der Waals surface area contributed by atoms with Crippen molar-refractivity contribution in [2.45, 2.75) is 18.9 Å². The van der Waals surface area contributed by atoms with Gasteiger partial charge in [-0.05, 0) is 0 Å². The average molecular weight is 165 g/mol. The van der Waals surface area contributed by atoms with Crippen LogP contribution in [0, 0.1) is 5.41 Å². The van der Waals surface area contributed by atoms with Crippen LogP contribution in [0.2, 0.25) is 0 Å². The first kappa shape index (κ1) is 5.57. The van der Waals surface area contributed by atoms with E-state index in [-0.39, 0.29) is 0 Å². The minimum atomic E-state index is 0.292. The molecule has 1 saturated heterocycles. The molecule has 1 nitrogen and oxygen atoms in total. The van der Waals surface area contributed by atoms with Gasteiger partial charge in [-0.3, -0.25) is 0 Å². The van der Waals surface area contributed by atoms with Crippen LogP contribution in [0.3, 0.4) is 0 Å². The van der Waals surface area contributed by atoms with Gasteiger partial charge < -0.3 is 4.74 Å². The lowest BCUT2D eigenvalue weighted by molar-refractivity contribution is -0.110. The summed E-state index contributed by atoms with van der Waals surface area (Å²) >= 11 is 3.36. The van der Waals surface area contributed by atoms with E-state index in [9.17, 15) is 0 Å². The summed E-state index contributed by atoms with van der Waals surface area (Å²) in [4.78, 5) is 0. The Labute approximate surface area is 52.2 Å². The quantitative estimate of drug-likeness (QED) is 0.497. The second-order valence-corrected chi connectivity index (χ2v) is 3.45. The molecule has 1 heterocycles. The van der Waals surface area contributed by atoms with E-state index in [2.05, 4.69) is 29.8 Å². The summed E-state index contributed by atoms with van der Waals surface area (Å²) in [5.74, 6) is 0. The first-order valence-corrected chi connectivity index (χ1v) is 3.30. The zero-order valence-corrected chi connectivity index (χ0v) is 6.16. The molecule has 0 radical (unpaired) electrons. The van der Waals surface area contributed by atoms with Crippen LogP contribution < -0.4 is 0 Å². The van der Waals surface area contributed by atoms with Gasteiger partial charge in [0, 0.05) is 5.41 Å². The number of ether oxygens (including phenoxy) is 1. The van der Waals surface area contributed by atoms with E-state index in [1.165, 1.54) is 0 Å². The first-order chi connectivity index (χ1) is 3.13. The molecule has 1 rings (SSSR count). The fraction of sp³-hybridized carbons (Fsp3) is 1.00. The number of hydrogen-bond donors (Lipinski definition) is 0.